The van der Waals surface area contributed by atoms with E-state index in [0.29, 0.717) is 12.4 Å². The highest BCUT2D eigenvalue weighted by molar-refractivity contribution is 6.02. The van der Waals surface area contributed by atoms with Crippen LogP contribution in [0.3, 0.4) is 0 Å². The van der Waals surface area contributed by atoms with Crippen molar-refractivity contribution in [2.75, 3.05) is 37.8 Å². The third-order valence-electron chi connectivity index (χ3n) is 3.42. The lowest BCUT2D eigenvalue weighted by Gasteiger charge is -2.11. The van der Waals surface area contributed by atoms with Crippen molar-refractivity contribution in [2.24, 2.45) is 0 Å². The first kappa shape index (κ1) is 19.6. The van der Waals surface area contributed by atoms with Gasteiger partial charge in [-0.1, -0.05) is 6.07 Å². The van der Waals surface area contributed by atoms with Gasteiger partial charge in [0.2, 0.25) is 0 Å². The number of carbonyl (C=O) groups excluding carboxylic acids is 1. The van der Waals surface area contributed by atoms with Crippen LogP contribution >= 0.6 is 0 Å². The Morgan fingerprint density at radius 1 is 1.19 bits per heavy atom. The second-order valence-electron chi connectivity index (χ2n) is 5.90. The Kier molecular flexibility index (Phi) is 6.51. The van der Waals surface area contributed by atoms with E-state index in [1.807, 2.05) is 14.1 Å². The number of rotatable bonds is 7. The van der Waals surface area contributed by atoms with Crippen LogP contribution in [-0.2, 0) is 6.18 Å². The van der Waals surface area contributed by atoms with Gasteiger partial charge in [0.05, 0.1) is 18.0 Å². The van der Waals surface area contributed by atoms with Gasteiger partial charge < -0.3 is 15.5 Å². The van der Waals surface area contributed by atoms with Gasteiger partial charge in [-0.25, -0.2) is 9.97 Å². The molecule has 6 nitrogen and oxygen atoms in total. The number of aromatic nitrogens is 2. The minimum absolute atomic E-state index is 0.0150. The molecule has 1 aromatic carbocycles. The van der Waals surface area contributed by atoms with Gasteiger partial charge in [-0.05, 0) is 45.3 Å². The SMILES string of the molecule is CN(C)CCCNc1cnc(C(=O)Nc2cccc(C(F)(F)F)c2)cn1. The molecular weight excluding hydrogens is 347 g/mol. The van der Waals surface area contributed by atoms with Crippen LogP contribution < -0.4 is 10.6 Å². The molecule has 26 heavy (non-hydrogen) atoms. The highest BCUT2D eigenvalue weighted by atomic mass is 19.4. The van der Waals surface area contributed by atoms with Crippen molar-refractivity contribution in [1.82, 2.24) is 14.9 Å². The fraction of sp³-hybridized carbons (Fsp3) is 0.353. The highest BCUT2D eigenvalue weighted by Gasteiger charge is 2.30. The summed E-state index contributed by atoms with van der Waals surface area (Å²) in [4.78, 5) is 22.2. The summed E-state index contributed by atoms with van der Waals surface area (Å²) in [5, 5.41) is 5.47. The van der Waals surface area contributed by atoms with E-state index in [9.17, 15) is 18.0 Å². The molecule has 2 aromatic rings. The minimum Gasteiger partial charge on any atom is -0.369 e. The highest BCUT2D eigenvalue weighted by Crippen LogP contribution is 2.30. The van der Waals surface area contributed by atoms with Crippen LogP contribution in [0.15, 0.2) is 36.7 Å². The van der Waals surface area contributed by atoms with Gasteiger partial charge >= 0.3 is 6.18 Å². The van der Waals surface area contributed by atoms with Crippen LogP contribution in [-0.4, -0.2) is 48.0 Å². The zero-order valence-corrected chi connectivity index (χ0v) is 14.5. The minimum atomic E-state index is -4.47. The van der Waals surface area contributed by atoms with E-state index in [0.717, 1.165) is 25.1 Å². The number of hydrogen-bond acceptors (Lipinski definition) is 5. The summed E-state index contributed by atoms with van der Waals surface area (Å²) in [7, 11) is 3.97. The Morgan fingerprint density at radius 3 is 2.58 bits per heavy atom. The first-order valence-corrected chi connectivity index (χ1v) is 7.95. The summed E-state index contributed by atoms with van der Waals surface area (Å²) in [5.41, 5.74) is -0.780. The van der Waals surface area contributed by atoms with Crippen molar-refractivity contribution >= 4 is 17.4 Å². The molecule has 0 bridgehead atoms. The van der Waals surface area contributed by atoms with Crippen LogP contribution in [0.2, 0.25) is 0 Å². The second-order valence-corrected chi connectivity index (χ2v) is 5.90. The van der Waals surface area contributed by atoms with Crippen LogP contribution in [0.1, 0.15) is 22.5 Å². The monoisotopic (exact) mass is 367 g/mol. The first-order valence-electron chi connectivity index (χ1n) is 7.95. The molecule has 9 heteroatoms. The van der Waals surface area contributed by atoms with E-state index in [2.05, 4.69) is 25.5 Å². The predicted molar refractivity (Wildman–Crippen MR) is 93.1 cm³/mol. The Balaban J connectivity index is 1.94. The van der Waals surface area contributed by atoms with Crippen LogP contribution in [0.5, 0.6) is 0 Å². The molecule has 0 unspecified atom stereocenters. The molecule has 0 atom stereocenters. The average molecular weight is 367 g/mol. The molecule has 0 fully saturated rings. The molecule has 0 aliphatic carbocycles. The molecule has 1 amide bonds. The summed E-state index contributed by atoms with van der Waals surface area (Å²) >= 11 is 0. The molecule has 2 N–H and O–H groups in total. The number of halogens is 3. The number of amides is 1. The normalized spacial score (nSPS) is 11.5. The van der Waals surface area contributed by atoms with Gasteiger partial charge in [0.25, 0.3) is 5.91 Å². The van der Waals surface area contributed by atoms with Gasteiger partial charge in [-0.3, -0.25) is 4.79 Å². The number of nitrogens with zero attached hydrogens (tertiary/aromatic N) is 3. The fourth-order valence-electron chi connectivity index (χ4n) is 2.12. The number of nitrogens with one attached hydrogen (secondary N) is 2. The lowest BCUT2D eigenvalue weighted by Crippen LogP contribution is -2.17. The Hall–Kier alpha value is -2.68. The van der Waals surface area contributed by atoms with Gasteiger partial charge in [-0.2, -0.15) is 13.2 Å². The zero-order chi connectivity index (χ0) is 19.2. The molecule has 0 radical (unpaired) electrons. The lowest BCUT2D eigenvalue weighted by molar-refractivity contribution is -0.137. The fourth-order valence-corrected chi connectivity index (χ4v) is 2.12. The second kappa shape index (κ2) is 8.61. The van der Waals surface area contributed by atoms with Crippen LogP contribution in [0.4, 0.5) is 24.7 Å². The van der Waals surface area contributed by atoms with Crippen LogP contribution in [0, 0.1) is 0 Å². The molecule has 0 saturated carbocycles. The van der Waals surface area contributed by atoms with Gasteiger partial charge in [0, 0.05) is 12.2 Å². The number of hydrogen-bond donors (Lipinski definition) is 2. The third-order valence-corrected chi connectivity index (χ3v) is 3.42. The summed E-state index contributed by atoms with van der Waals surface area (Å²) in [6, 6.07) is 4.41. The molecule has 2 rings (SSSR count). The average Bonchev–Trinajstić information content (AvgIpc) is 2.58. The van der Waals surface area contributed by atoms with E-state index < -0.39 is 17.6 Å². The largest absolute Gasteiger partial charge is 0.416 e. The Labute approximate surface area is 149 Å². The van der Waals surface area contributed by atoms with Crippen molar-refractivity contribution in [3.8, 4) is 0 Å². The summed E-state index contributed by atoms with van der Waals surface area (Å²) in [5.74, 6) is -0.102. The first-order chi connectivity index (χ1) is 12.3. The van der Waals surface area contributed by atoms with E-state index in [-0.39, 0.29) is 11.4 Å². The van der Waals surface area contributed by atoms with Gasteiger partial charge in [0.1, 0.15) is 11.5 Å². The lowest BCUT2D eigenvalue weighted by atomic mass is 10.2. The van der Waals surface area contributed by atoms with Crippen molar-refractivity contribution in [2.45, 2.75) is 12.6 Å². The van der Waals surface area contributed by atoms with Gasteiger partial charge in [0.15, 0.2) is 0 Å². The van der Waals surface area contributed by atoms with E-state index >= 15 is 0 Å². The van der Waals surface area contributed by atoms with E-state index in [1.54, 1.807) is 0 Å². The Bertz CT molecular complexity index is 732. The number of anilines is 2. The topological polar surface area (TPSA) is 70.2 Å². The summed E-state index contributed by atoms with van der Waals surface area (Å²) in [6.07, 6.45) is -0.860. The summed E-state index contributed by atoms with van der Waals surface area (Å²) in [6.45, 7) is 1.64. The van der Waals surface area contributed by atoms with E-state index in [1.165, 1.54) is 24.5 Å². The third kappa shape index (κ3) is 5.99. The zero-order valence-electron chi connectivity index (χ0n) is 14.5. The smallest absolute Gasteiger partial charge is 0.369 e. The molecule has 1 aromatic heterocycles. The van der Waals surface area contributed by atoms with Crippen molar-refractivity contribution in [3.63, 3.8) is 0 Å². The maximum atomic E-state index is 12.7. The molecule has 140 valence electrons. The molecule has 1 heterocycles. The standard InChI is InChI=1S/C17H20F3N5O/c1-25(2)8-4-7-21-15-11-22-14(10-23-15)16(26)24-13-6-3-5-12(9-13)17(18,19)20/h3,5-6,9-11H,4,7-8H2,1-2H3,(H,21,23)(H,24,26). The molecular formula is C17H20F3N5O. The van der Waals surface area contributed by atoms with Crippen molar-refractivity contribution < 1.29 is 18.0 Å². The molecule has 0 spiro atoms. The number of carbonyl (C=O) groups is 1. The van der Waals surface area contributed by atoms with Crippen molar-refractivity contribution in [3.05, 3.63) is 47.9 Å². The maximum absolute atomic E-state index is 12.7. The Morgan fingerprint density at radius 2 is 1.96 bits per heavy atom. The van der Waals surface area contributed by atoms with Crippen LogP contribution in [0.25, 0.3) is 0 Å². The quantitative estimate of drug-likeness (QED) is 0.736. The molecule has 0 aliphatic rings. The van der Waals surface area contributed by atoms with E-state index in [4.69, 9.17) is 0 Å². The molecule has 0 aliphatic heterocycles. The van der Waals surface area contributed by atoms with Crippen molar-refractivity contribution in [1.29, 1.82) is 0 Å². The molecule has 0 saturated heterocycles. The summed E-state index contributed by atoms with van der Waals surface area (Å²) < 4.78 is 38.1. The maximum Gasteiger partial charge on any atom is 0.416 e. The number of benzene rings is 1. The van der Waals surface area contributed by atoms with Gasteiger partial charge in [-0.15, -0.1) is 0 Å². The predicted octanol–water partition coefficient (Wildman–Crippen LogP) is 3.11. The number of alkyl halides is 3.